The second-order valence-electron chi connectivity index (χ2n) is 5.99. The lowest BCUT2D eigenvalue weighted by Crippen LogP contribution is -2.02. The van der Waals surface area contributed by atoms with E-state index < -0.39 is 0 Å². The van der Waals surface area contributed by atoms with Gasteiger partial charge in [0.1, 0.15) is 12.4 Å². The van der Waals surface area contributed by atoms with Crippen molar-refractivity contribution in [1.82, 2.24) is 4.98 Å². The lowest BCUT2D eigenvalue weighted by atomic mass is 10.1. The van der Waals surface area contributed by atoms with Crippen LogP contribution in [0.3, 0.4) is 0 Å². The Labute approximate surface area is 153 Å². The molecule has 3 nitrogen and oxygen atoms in total. The smallest absolute Gasteiger partial charge is 0.120 e. The van der Waals surface area contributed by atoms with Crippen molar-refractivity contribution >= 4 is 34.1 Å². The summed E-state index contributed by atoms with van der Waals surface area (Å²) in [6.45, 7) is 1.21. The van der Waals surface area contributed by atoms with Gasteiger partial charge in [-0.1, -0.05) is 42.5 Å². The fraction of sp³-hybridized carbons (Fsp3) is 0.143. The first kappa shape index (κ1) is 17.3. The standard InChI is InChI=1S/C21H20N2O.ClH/c22-11-10-16-13-23-21-9-8-18(12-20(16)21)24-14-17-6-3-5-15-4-1-2-7-19(15)17;/h1-9,12-13,23H,10-11,14,22H2;1H. The van der Waals surface area contributed by atoms with E-state index in [1.54, 1.807) is 0 Å². The van der Waals surface area contributed by atoms with Crippen molar-refractivity contribution in [2.45, 2.75) is 13.0 Å². The first-order valence-corrected chi connectivity index (χ1v) is 8.24. The summed E-state index contributed by atoms with van der Waals surface area (Å²) < 4.78 is 6.07. The molecule has 0 saturated carbocycles. The number of aromatic amines is 1. The maximum absolute atomic E-state index is 6.07. The molecule has 3 aromatic carbocycles. The molecule has 1 heterocycles. The Morgan fingerprint density at radius 1 is 0.880 bits per heavy atom. The monoisotopic (exact) mass is 352 g/mol. The number of nitrogens with one attached hydrogen (secondary N) is 1. The highest BCUT2D eigenvalue weighted by Crippen LogP contribution is 2.26. The Hall–Kier alpha value is -2.49. The van der Waals surface area contributed by atoms with Crippen LogP contribution >= 0.6 is 12.4 Å². The molecule has 0 saturated heterocycles. The molecule has 128 valence electrons. The van der Waals surface area contributed by atoms with E-state index in [-0.39, 0.29) is 12.4 Å². The van der Waals surface area contributed by atoms with Gasteiger partial charge >= 0.3 is 0 Å². The molecule has 4 rings (SSSR count). The van der Waals surface area contributed by atoms with Crippen LogP contribution in [0.2, 0.25) is 0 Å². The summed E-state index contributed by atoms with van der Waals surface area (Å²) in [6, 6.07) is 20.9. The molecule has 0 atom stereocenters. The molecule has 4 aromatic rings. The number of halogens is 1. The molecule has 0 fully saturated rings. The van der Waals surface area contributed by atoms with Gasteiger partial charge < -0.3 is 15.5 Å². The maximum atomic E-state index is 6.07. The fourth-order valence-electron chi connectivity index (χ4n) is 3.19. The highest BCUT2D eigenvalue weighted by Gasteiger charge is 2.06. The van der Waals surface area contributed by atoms with Crippen LogP contribution in [0, 0.1) is 0 Å². The van der Waals surface area contributed by atoms with Gasteiger partial charge in [-0.05, 0) is 53.1 Å². The Balaban J connectivity index is 0.00000182. The zero-order valence-electron chi connectivity index (χ0n) is 13.9. The SMILES string of the molecule is Cl.NCCc1c[nH]c2ccc(OCc3cccc4ccccc34)cc12. The lowest BCUT2D eigenvalue weighted by Gasteiger charge is -2.09. The summed E-state index contributed by atoms with van der Waals surface area (Å²) >= 11 is 0. The maximum Gasteiger partial charge on any atom is 0.120 e. The van der Waals surface area contributed by atoms with Gasteiger partial charge in [-0.15, -0.1) is 12.4 Å². The minimum Gasteiger partial charge on any atom is -0.489 e. The van der Waals surface area contributed by atoms with Crippen LogP contribution < -0.4 is 10.5 Å². The number of H-pyrrole nitrogens is 1. The highest BCUT2D eigenvalue weighted by molar-refractivity contribution is 5.86. The molecule has 0 radical (unpaired) electrons. The van der Waals surface area contributed by atoms with Crippen molar-refractivity contribution in [3.63, 3.8) is 0 Å². The molecule has 4 heteroatoms. The van der Waals surface area contributed by atoms with Crippen LogP contribution in [0.5, 0.6) is 5.75 Å². The summed E-state index contributed by atoms with van der Waals surface area (Å²) in [4.78, 5) is 3.29. The predicted octanol–water partition coefficient (Wildman–Crippen LogP) is 4.82. The second-order valence-corrected chi connectivity index (χ2v) is 5.99. The Bertz CT molecular complexity index is 988. The number of hydrogen-bond acceptors (Lipinski definition) is 2. The van der Waals surface area contributed by atoms with Gasteiger partial charge in [0, 0.05) is 17.1 Å². The van der Waals surface area contributed by atoms with Crippen molar-refractivity contribution in [3.8, 4) is 5.75 Å². The van der Waals surface area contributed by atoms with Gasteiger partial charge in [-0.25, -0.2) is 0 Å². The number of benzene rings is 3. The number of rotatable bonds is 5. The van der Waals surface area contributed by atoms with Crippen molar-refractivity contribution in [2.24, 2.45) is 5.73 Å². The number of fused-ring (bicyclic) bond motifs is 2. The van der Waals surface area contributed by atoms with E-state index >= 15 is 0 Å². The molecule has 0 amide bonds. The zero-order chi connectivity index (χ0) is 16.4. The van der Waals surface area contributed by atoms with E-state index in [2.05, 4.69) is 59.6 Å². The Kier molecular flexibility index (Phi) is 5.27. The average Bonchev–Trinajstić information content (AvgIpc) is 3.02. The third kappa shape index (κ3) is 3.48. The zero-order valence-corrected chi connectivity index (χ0v) is 14.7. The predicted molar refractivity (Wildman–Crippen MR) is 107 cm³/mol. The van der Waals surface area contributed by atoms with Gasteiger partial charge in [0.15, 0.2) is 0 Å². The molecule has 0 aliphatic heterocycles. The molecular formula is C21H21ClN2O. The Morgan fingerprint density at radius 2 is 1.72 bits per heavy atom. The van der Waals surface area contributed by atoms with Crippen molar-refractivity contribution in [2.75, 3.05) is 6.54 Å². The topological polar surface area (TPSA) is 51.0 Å². The number of nitrogens with two attached hydrogens (primary N) is 1. The van der Waals surface area contributed by atoms with Gasteiger partial charge in [0.05, 0.1) is 0 Å². The number of hydrogen-bond donors (Lipinski definition) is 2. The van der Waals surface area contributed by atoms with Gasteiger partial charge in [0.2, 0.25) is 0 Å². The molecule has 0 aliphatic rings. The normalized spacial score (nSPS) is 10.8. The molecule has 25 heavy (non-hydrogen) atoms. The highest BCUT2D eigenvalue weighted by atomic mass is 35.5. The van der Waals surface area contributed by atoms with Gasteiger partial charge in [0.25, 0.3) is 0 Å². The molecule has 3 N–H and O–H groups in total. The van der Waals surface area contributed by atoms with E-state index in [1.165, 1.54) is 27.3 Å². The molecule has 0 unspecified atom stereocenters. The number of aromatic nitrogens is 1. The van der Waals surface area contributed by atoms with E-state index in [9.17, 15) is 0 Å². The largest absolute Gasteiger partial charge is 0.489 e. The summed E-state index contributed by atoms with van der Waals surface area (Å²) in [5, 5.41) is 3.67. The Morgan fingerprint density at radius 3 is 2.60 bits per heavy atom. The first-order chi connectivity index (χ1) is 11.8. The second kappa shape index (κ2) is 7.60. The lowest BCUT2D eigenvalue weighted by molar-refractivity contribution is 0.308. The minimum atomic E-state index is 0. The molecule has 0 bridgehead atoms. The van der Waals surface area contributed by atoms with Crippen LogP contribution in [0.1, 0.15) is 11.1 Å². The van der Waals surface area contributed by atoms with Crippen molar-refractivity contribution in [3.05, 3.63) is 78.0 Å². The average molecular weight is 353 g/mol. The number of ether oxygens (including phenoxy) is 1. The van der Waals surface area contributed by atoms with E-state index in [4.69, 9.17) is 10.5 Å². The van der Waals surface area contributed by atoms with E-state index in [1.807, 2.05) is 12.3 Å². The third-order valence-corrected chi connectivity index (χ3v) is 4.43. The van der Waals surface area contributed by atoms with Crippen LogP contribution in [-0.4, -0.2) is 11.5 Å². The fourth-order valence-corrected chi connectivity index (χ4v) is 3.19. The summed E-state index contributed by atoms with van der Waals surface area (Å²) in [7, 11) is 0. The van der Waals surface area contributed by atoms with Crippen LogP contribution in [0.4, 0.5) is 0 Å². The van der Waals surface area contributed by atoms with Crippen molar-refractivity contribution in [1.29, 1.82) is 0 Å². The van der Waals surface area contributed by atoms with E-state index in [0.717, 1.165) is 17.7 Å². The summed E-state index contributed by atoms with van der Waals surface area (Å²) in [5.74, 6) is 0.883. The summed E-state index contributed by atoms with van der Waals surface area (Å²) in [6.07, 6.45) is 2.90. The van der Waals surface area contributed by atoms with Gasteiger partial charge in [-0.3, -0.25) is 0 Å². The molecular weight excluding hydrogens is 332 g/mol. The van der Waals surface area contributed by atoms with E-state index in [0.29, 0.717) is 13.2 Å². The van der Waals surface area contributed by atoms with Crippen LogP contribution in [0.25, 0.3) is 21.7 Å². The van der Waals surface area contributed by atoms with Crippen LogP contribution in [0.15, 0.2) is 66.9 Å². The molecule has 0 aliphatic carbocycles. The van der Waals surface area contributed by atoms with Gasteiger partial charge in [-0.2, -0.15) is 0 Å². The quantitative estimate of drug-likeness (QED) is 0.541. The van der Waals surface area contributed by atoms with Crippen molar-refractivity contribution < 1.29 is 4.74 Å². The minimum absolute atomic E-state index is 0. The van der Waals surface area contributed by atoms with Crippen LogP contribution in [-0.2, 0) is 13.0 Å². The molecule has 1 aromatic heterocycles. The summed E-state index contributed by atoms with van der Waals surface area (Å²) in [5.41, 5.74) is 9.25. The molecule has 0 spiro atoms. The first-order valence-electron chi connectivity index (χ1n) is 8.24. The third-order valence-electron chi connectivity index (χ3n) is 4.43.